The molecule has 2 fully saturated rings. The van der Waals surface area contributed by atoms with E-state index in [1.54, 1.807) is 0 Å². The Morgan fingerprint density at radius 1 is 1.09 bits per heavy atom. The fraction of sp³-hybridized carbons (Fsp3) is 0.556. The van der Waals surface area contributed by atoms with Gasteiger partial charge in [-0.2, -0.15) is 0 Å². The van der Waals surface area contributed by atoms with Crippen LogP contribution in [0, 0.1) is 11.3 Å². The van der Waals surface area contributed by atoms with E-state index in [9.17, 15) is 4.55 Å². The standard InChI is InChI=1S/C27H34N2OS2/c1-26(2,3)32(30)29-25-23-7-5-4-6-21(23)16-27(25)14-12-20(13-15-27)22-10-11-24(28-17-22)31-18-19-8-9-19/h4-7,10-11,17,19-20H,8-9,12-16,18H2,1-3H3/t20-,27+,32-/m1/s1. The molecule has 1 heterocycles. The lowest BCUT2D eigenvalue weighted by Gasteiger charge is -2.37. The van der Waals surface area contributed by atoms with Gasteiger partial charge in [0.05, 0.1) is 5.03 Å². The summed E-state index contributed by atoms with van der Waals surface area (Å²) in [6, 6.07) is 13.1. The lowest BCUT2D eigenvalue weighted by molar-refractivity contribution is 0.266. The average molecular weight is 467 g/mol. The van der Waals surface area contributed by atoms with Crippen LogP contribution in [0.2, 0.25) is 0 Å². The Kier molecular flexibility index (Phi) is 6.19. The number of thioether (sulfide) groups is 1. The highest BCUT2D eigenvalue weighted by atomic mass is 32.2. The predicted molar refractivity (Wildman–Crippen MR) is 136 cm³/mol. The van der Waals surface area contributed by atoms with Crippen molar-refractivity contribution in [1.82, 2.24) is 4.98 Å². The van der Waals surface area contributed by atoms with Gasteiger partial charge in [-0.25, -0.2) is 4.98 Å². The van der Waals surface area contributed by atoms with Crippen molar-refractivity contribution < 1.29 is 4.55 Å². The van der Waals surface area contributed by atoms with E-state index in [4.69, 9.17) is 9.38 Å². The summed E-state index contributed by atoms with van der Waals surface area (Å²) in [5.41, 5.74) is 5.11. The molecule has 0 saturated heterocycles. The Balaban J connectivity index is 1.32. The van der Waals surface area contributed by atoms with E-state index < -0.39 is 11.4 Å². The normalized spacial score (nSPS) is 27.6. The van der Waals surface area contributed by atoms with E-state index in [2.05, 4.69) is 42.6 Å². The first kappa shape index (κ1) is 22.5. The van der Waals surface area contributed by atoms with Gasteiger partial charge in [0, 0.05) is 22.9 Å². The summed E-state index contributed by atoms with van der Waals surface area (Å²) in [5, 5.41) is 1.17. The second-order valence-electron chi connectivity index (χ2n) is 10.9. The topological polar surface area (TPSA) is 48.3 Å². The summed E-state index contributed by atoms with van der Waals surface area (Å²) in [4.78, 5) is 4.76. The first-order chi connectivity index (χ1) is 15.3. The highest BCUT2D eigenvalue weighted by Crippen LogP contribution is 2.51. The van der Waals surface area contributed by atoms with Crippen LogP contribution in [0.3, 0.4) is 0 Å². The maximum absolute atomic E-state index is 13.0. The minimum atomic E-state index is -1.24. The van der Waals surface area contributed by atoms with E-state index in [0.717, 1.165) is 43.7 Å². The van der Waals surface area contributed by atoms with E-state index in [-0.39, 0.29) is 10.2 Å². The number of benzene rings is 1. The lowest BCUT2D eigenvalue weighted by atomic mass is 9.67. The average Bonchev–Trinajstić information content (AvgIpc) is 3.57. The highest BCUT2D eigenvalue weighted by Gasteiger charge is 2.47. The number of rotatable bonds is 5. The van der Waals surface area contributed by atoms with Crippen LogP contribution in [0.15, 0.2) is 52.0 Å². The minimum absolute atomic E-state index is 0.0363. The third-order valence-corrected chi connectivity index (χ3v) is 9.91. The monoisotopic (exact) mass is 466 g/mol. The Hall–Kier alpha value is -1.30. The Bertz CT molecular complexity index is 983. The van der Waals surface area contributed by atoms with Gasteiger partial charge in [-0.3, -0.25) is 0 Å². The Labute approximate surface area is 200 Å². The summed E-state index contributed by atoms with van der Waals surface area (Å²) >= 11 is 0.672. The lowest BCUT2D eigenvalue weighted by Crippen LogP contribution is -2.35. The van der Waals surface area contributed by atoms with Gasteiger partial charge in [-0.1, -0.05) is 34.7 Å². The summed E-state index contributed by atoms with van der Waals surface area (Å²) in [7, 11) is 0. The van der Waals surface area contributed by atoms with Crippen molar-refractivity contribution in [3.8, 4) is 0 Å². The van der Waals surface area contributed by atoms with Gasteiger partial charge in [-0.15, -0.1) is 11.8 Å². The van der Waals surface area contributed by atoms with Crippen LogP contribution in [0.5, 0.6) is 0 Å². The number of fused-ring (bicyclic) bond motifs is 1. The molecular formula is C27H34N2OS2. The molecule has 0 bridgehead atoms. The van der Waals surface area contributed by atoms with Crippen LogP contribution in [0.25, 0.3) is 0 Å². The zero-order valence-corrected chi connectivity index (χ0v) is 21.1. The fourth-order valence-corrected chi connectivity index (χ4v) is 6.89. The molecule has 1 aromatic carbocycles. The van der Waals surface area contributed by atoms with Gasteiger partial charge >= 0.3 is 0 Å². The van der Waals surface area contributed by atoms with Crippen molar-refractivity contribution in [2.24, 2.45) is 15.7 Å². The smallest absolute Gasteiger partial charge is 0.144 e. The molecule has 1 atom stereocenters. The van der Waals surface area contributed by atoms with E-state index >= 15 is 0 Å². The Morgan fingerprint density at radius 2 is 1.84 bits per heavy atom. The van der Waals surface area contributed by atoms with E-state index in [1.807, 2.05) is 32.5 Å². The third-order valence-electron chi connectivity index (χ3n) is 7.34. The minimum Gasteiger partial charge on any atom is -0.591 e. The maximum atomic E-state index is 13.0. The van der Waals surface area contributed by atoms with Gasteiger partial charge in [0.1, 0.15) is 21.8 Å². The molecule has 0 amide bonds. The molecule has 2 aromatic rings. The van der Waals surface area contributed by atoms with Crippen LogP contribution < -0.4 is 0 Å². The first-order valence-electron chi connectivity index (χ1n) is 12.0. The second kappa shape index (κ2) is 8.81. The van der Waals surface area contributed by atoms with Gasteiger partial charge in [0.25, 0.3) is 0 Å². The number of pyridine rings is 1. The molecule has 3 nitrogen and oxygen atoms in total. The molecular weight excluding hydrogens is 432 g/mol. The zero-order valence-electron chi connectivity index (χ0n) is 19.5. The predicted octanol–water partition coefficient (Wildman–Crippen LogP) is 6.74. The summed E-state index contributed by atoms with van der Waals surface area (Å²) in [6.07, 6.45) is 10.4. The number of nitrogens with zero attached hydrogens (tertiary/aromatic N) is 2. The summed E-state index contributed by atoms with van der Waals surface area (Å²) < 4.78 is 17.5. The maximum Gasteiger partial charge on any atom is 0.144 e. The molecule has 2 saturated carbocycles. The third kappa shape index (κ3) is 4.67. The molecule has 5 rings (SSSR count). The zero-order chi connectivity index (χ0) is 22.3. The number of hydrogen-bond acceptors (Lipinski definition) is 4. The van der Waals surface area contributed by atoms with Crippen LogP contribution in [0.1, 0.15) is 81.9 Å². The van der Waals surface area contributed by atoms with Crippen molar-refractivity contribution in [2.75, 3.05) is 5.75 Å². The number of aromatic nitrogens is 1. The van der Waals surface area contributed by atoms with Crippen LogP contribution >= 0.6 is 11.8 Å². The largest absolute Gasteiger partial charge is 0.591 e. The molecule has 0 unspecified atom stereocenters. The van der Waals surface area contributed by atoms with E-state index in [0.29, 0.717) is 5.92 Å². The fourth-order valence-electron chi connectivity index (χ4n) is 5.13. The van der Waals surface area contributed by atoms with Crippen LogP contribution in [0.4, 0.5) is 0 Å². The van der Waals surface area contributed by atoms with Crippen LogP contribution in [-0.4, -0.2) is 25.7 Å². The van der Waals surface area contributed by atoms with Crippen molar-refractivity contribution in [2.45, 2.75) is 81.4 Å². The molecule has 0 aliphatic heterocycles. The number of hydrogen-bond donors (Lipinski definition) is 0. The molecule has 0 N–H and O–H groups in total. The van der Waals surface area contributed by atoms with Gasteiger partial charge in [-0.05, 0) is 94.7 Å². The quantitative estimate of drug-likeness (QED) is 0.362. The van der Waals surface area contributed by atoms with Crippen LogP contribution in [-0.2, 0) is 17.8 Å². The molecule has 3 aliphatic carbocycles. The first-order valence-corrected chi connectivity index (χ1v) is 14.1. The molecule has 1 aromatic heterocycles. The van der Waals surface area contributed by atoms with Gasteiger partial charge < -0.3 is 4.55 Å². The van der Waals surface area contributed by atoms with Crippen molar-refractivity contribution in [3.63, 3.8) is 0 Å². The molecule has 0 radical (unpaired) electrons. The van der Waals surface area contributed by atoms with Gasteiger partial charge in [0.15, 0.2) is 0 Å². The summed E-state index contributed by atoms with van der Waals surface area (Å²) in [5.74, 6) is 2.71. The highest BCUT2D eigenvalue weighted by molar-refractivity contribution is 7.99. The molecule has 3 aliphatic rings. The van der Waals surface area contributed by atoms with Crippen molar-refractivity contribution in [1.29, 1.82) is 0 Å². The van der Waals surface area contributed by atoms with E-state index in [1.165, 1.54) is 40.3 Å². The van der Waals surface area contributed by atoms with Gasteiger partial charge in [0.2, 0.25) is 0 Å². The molecule has 32 heavy (non-hydrogen) atoms. The molecule has 1 spiro atoms. The van der Waals surface area contributed by atoms with Crippen molar-refractivity contribution >= 4 is 28.8 Å². The second-order valence-corrected chi connectivity index (χ2v) is 13.8. The SMILES string of the molecule is CC(C)(C)[S@@+]([O-])N=C1c2ccccc2C[C@]12CC[C@H](c1ccc(SCC3CC3)nc1)CC2. The summed E-state index contributed by atoms with van der Waals surface area (Å²) in [6.45, 7) is 6.03. The van der Waals surface area contributed by atoms with Crippen molar-refractivity contribution in [3.05, 3.63) is 59.3 Å². The molecule has 5 heteroatoms. The Morgan fingerprint density at radius 3 is 2.50 bits per heavy atom. The molecule has 170 valence electrons.